The molecular weight excluding hydrogens is 332 g/mol. The van der Waals surface area contributed by atoms with Gasteiger partial charge in [-0.2, -0.15) is 4.37 Å². The van der Waals surface area contributed by atoms with Gasteiger partial charge in [-0.3, -0.25) is 0 Å². The molecule has 0 fully saturated rings. The van der Waals surface area contributed by atoms with E-state index in [1.807, 2.05) is 6.07 Å². The molecule has 23 heavy (non-hydrogen) atoms. The van der Waals surface area contributed by atoms with Gasteiger partial charge in [0.15, 0.2) is 0 Å². The third-order valence-corrected chi connectivity index (χ3v) is 6.00. The molecule has 2 aromatic rings. The van der Waals surface area contributed by atoms with Crippen molar-refractivity contribution in [3.63, 3.8) is 0 Å². The summed E-state index contributed by atoms with van der Waals surface area (Å²) in [5.41, 5.74) is 1.93. The second-order valence-corrected chi connectivity index (χ2v) is 9.17. The molecule has 0 aliphatic carbocycles. The molecule has 6 nitrogen and oxygen atoms in total. The van der Waals surface area contributed by atoms with Gasteiger partial charge in [0.25, 0.3) is 0 Å². The molecule has 1 aliphatic rings. The molecule has 0 spiro atoms. The zero-order chi connectivity index (χ0) is 16.8. The highest BCUT2D eigenvalue weighted by Gasteiger charge is 2.27. The highest BCUT2D eigenvalue weighted by atomic mass is 32.2. The summed E-state index contributed by atoms with van der Waals surface area (Å²) in [4.78, 5) is 6.96. The quantitative estimate of drug-likeness (QED) is 0.918. The monoisotopic (exact) mass is 352 g/mol. The van der Waals surface area contributed by atoms with Gasteiger partial charge in [0.2, 0.25) is 15.2 Å². The SMILES string of the molecule is CNS(=O)(=O)c1ccc2c(c1)N(c1nc(C(C)(C)C)ns1)CC2. The summed E-state index contributed by atoms with van der Waals surface area (Å²) in [6.07, 6.45) is 0.875. The Labute approximate surface area is 140 Å². The highest BCUT2D eigenvalue weighted by Crippen LogP contribution is 2.37. The molecule has 3 rings (SSSR count). The third kappa shape index (κ3) is 2.98. The van der Waals surface area contributed by atoms with Gasteiger partial charge < -0.3 is 4.90 Å². The number of aromatic nitrogens is 2. The largest absolute Gasteiger partial charge is 0.316 e. The van der Waals surface area contributed by atoms with E-state index in [9.17, 15) is 8.42 Å². The second kappa shape index (κ2) is 5.54. The molecule has 1 aliphatic heterocycles. The molecule has 0 bridgehead atoms. The smallest absolute Gasteiger partial charge is 0.240 e. The van der Waals surface area contributed by atoms with Crippen molar-refractivity contribution in [3.8, 4) is 0 Å². The van der Waals surface area contributed by atoms with Gasteiger partial charge in [0.1, 0.15) is 5.82 Å². The third-order valence-electron chi connectivity index (χ3n) is 3.85. The Morgan fingerprint density at radius 1 is 1.30 bits per heavy atom. The number of nitrogens with one attached hydrogen (secondary N) is 1. The maximum atomic E-state index is 12.0. The van der Waals surface area contributed by atoms with Gasteiger partial charge in [-0.25, -0.2) is 18.1 Å². The molecule has 0 amide bonds. The van der Waals surface area contributed by atoms with Crippen molar-refractivity contribution in [2.24, 2.45) is 0 Å². The van der Waals surface area contributed by atoms with Crippen LogP contribution in [0.5, 0.6) is 0 Å². The van der Waals surface area contributed by atoms with Gasteiger partial charge in [0, 0.05) is 29.2 Å². The molecule has 0 radical (unpaired) electrons. The Bertz CT molecular complexity index is 837. The molecular formula is C15H20N4O2S2. The van der Waals surface area contributed by atoms with E-state index in [1.165, 1.54) is 18.6 Å². The number of sulfonamides is 1. The van der Waals surface area contributed by atoms with E-state index in [-0.39, 0.29) is 10.3 Å². The summed E-state index contributed by atoms with van der Waals surface area (Å²) in [6, 6.07) is 5.24. The fraction of sp³-hybridized carbons (Fsp3) is 0.467. The fourth-order valence-electron chi connectivity index (χ4n) is 2.47. The summed E-state index contributed by atoms with van der Waals surface area (Å²) in [6.45, 7) is 7.02. The Morgan fingerprint density at radius 2 is 2.04 bits per heavy atom. The van der Waals surface area contributed by atoms with Crippen LogP contribution in [0, 0.1) is 0 Å². The first-order valence-electron chi connectivity index (χ1n) is 7.40. The first-order chi connectivity index (χ1) is 10.7. The maximum absolute atomic E-state index is 12.0. The number of fused-ring (bicyclic) bond motifs is 1. The van der Waals surface area contributed by atoms with Crippen LogP contribution in [0.15, 0.2) is 23.1 Å². The average Bonchev–Trinajstić information content (AvgIpc) is 3.12. The van der Waals surface area contributed by atoms with E-state index in [4.69, 9.17) is 0 Å². The number of nitrogens with zero attached hydrogens (tertiary/aromatic N) is 3. The summed E-state index contributed by atoms with van der Waals surface area (Å²) in [5, 5.41) is 0.813. The van der Waals surface area contributed by atoms with Gasteiger partial charge in [-0.15, -0.1) is 0 Å². The van der Waals surface area contributed by atoms with Crippen molar-refractivity contribution in [2.45, 2.75) is 37.5 Å². The molecule has 1 aromatic heterocycles. The van der Waals surface area contributed by atoms with Crippen LogP contribution < -0.4 is 9.62 Å². The number of benzene rings is 1. The number of hydrogen-bond donors (Lipinski definition) is 1. The zero-order valence-corrected chi connectivity index (χ0v) is 15.3. The van der Waals surface area contributed by atoms with Crippen molar-refractivity contribution in [2.75, 3.05) is 18.5 Å². The van der Waals surface area contributed by atoms with Gasteiger partial charge in [-0.05, 0) is 31.2 Å². The molecule has 0 unspecified atom stereocenters. The first kappa shape index (κ1) is 16.4. The Hall–Kier alpha value is -1.51. The standard InChI is InChI=1S/C15H20N4O2S2/c1-15(2,3)13-17-14(22-18-13)19-8-7-10-5-6-11(9-12(10)19)23(20,21)16-4/h5-6,9,16H,7-8H2,1-4H3. The minimum absolute atomic E-state index is 0.103. The van der Waals surface area contributed by atoms with Crippen molar-refractivity contribution in [1.82, 2.24) is 14.1 Å². The fourth-order valence-corrected chi connectivity index (χ4v) is 4.12. The predicted molar refractivity (Wildman–Crippen MR) is 92.0 cm³/mol. The molecule has 2 heterocycles. The van der Waals surface area contributed by atoms with Gasteiger partial charge >= 0.3 is 0 Å². The van der Waals surface area contributed by atoms with Gasteiger partial charge in [-0.1, -0.05) is 26.8 Å². The van der Waals surface area contributed by atoms with Crippen LogP contribution in [0.3, 0.4) is 0 Å². The minimum Gasteiger partial charge on any atom is -0.316 e. The molecule has 0 saturated heterocycles. The van der Waals surface area contributed by atoms with E-state index in [0.717, 1.165) is 35.2 Å². The number of anilines is 2. The van der Waals surface area contributed by atoms with Crippen molar-refractivity contribution >= 4 is 32.4 Å². The summed E-state index contributed by atoms with van der Waals surface area (Å²) in [5.74, 6) is 0.810. The second-order valence-electron chi connectivity index (χ2n) is 6.55. The minimum atomic E-state index is -3.45. The van der Waals surface area contributed by atoms with Crippen LogP contribution in [0.4, 0.5) is 10.8 Å². The average molecular weight is 352 g/mol. The van der Waals surface area contributed by atoms with E-state index < -0.39 is 10.0 Å². The van der Waals surface area contributed by atoms with Crippen LogP contribution >= 0.6 is 11.5 Å². The Balaban J connectivity index is 2.01. The lowest BCUT2D eigenvalue weighted by Crippen LogP contribution is -2.19. The lowest BCUT2D eigenvalue weighted by Gasteiger charge is -2.17. The normalized spacial score (nSPS) is 15.0. The van der Waals surface area contributed by atoms with Crippen molar-refractivity contribution < 1.29 is 8.42 Å². The summed E-state index contributed by atoms with van der Waals surface area (Å²) < 4.78 is 30.9. The molecule has 0 saturated carbocycles. The van der Waals surface area contributed by atoms with Crippen LogP contribution in [0.2, 0.25) is 0 Å². The number of rotatable bonds is 3. The van der Waals surface area contributed by atoms with Crippen molar-refractivity contribution in [1.29, 1.82) is 0 Å². The summed E-state index contributed by atoms with van der Waals surface area (Å²) in [7, 11) is -2.04. The van der Waals surface area contributed by atoms with Crippen LogP contribution in [0.1, 0.15) is 32.2 Å². The van der Waals surface area contributed by atoms with Crippen molar-refractivity contribution in [3.05, 3.63) is 29.6 Å². The molecule has 124 valence electrons. The molecule has 0 atom stereocenters. The lowest BCUT2D eigenvalue weighted by atomic mass is 9.96. The van der Waals surface area contributed by atoms with Crippen LogP contribution in [-0.2, 0) is 21.9 Å². The highest BCUT2D eigenvalue weighted by molar-refractivity contribution is 7.89. The first-order valence-corrected chi connectivity index (χ1v) is 9.66. The number of hydrogen-bond acceptors (Lipinski definition) is 6. The molecule has 1 N–H and O–H groups in total. The van der Waals surface area contributed by atoms with Gasteiger partial charge in [0.05, 0.1) is 4.90 Å². The lowest BCUT2D eigenvalue weighted by molar-refractivity contribution is 0.554. The topological polar surface area (TPSA) is 75.2 Å². The molecule has 8 heteroatoms. The van der Waals surface area contributed by atoms with E-state index in [2.05, 4.69) is 39.8 Å². The molecule has 1 aromatic carbocycles. The van der Waals surface area contributed by atoms with E-state index >= 15 is 0 Å². The predicted octanol–water partition coefficient (Wildman–Crippen LogP) is 2.44. The summed E-state index contributed by atoms with van der Waals surface area (Å²) >= 11 is 1.36. The zero-order valence-electron chi connectivity index (χ0n) is 13.6. The van der Waals surface area contributed by atoms with Crippen LogP contribution in [-0.4, -0.2) is 31.4 Å². The Morgan fingerprint density at radius 3 is 2.65 bits per heavy atom. The Kier molecular flexibility index (Phi) is 3.94. The van der Waals surface area contributed by atoms with Crippen LogP contribution in [0.25, 0.3) is 0 Å². The van der Waals surface area contributed by atoms with E-state index in [0.29, 0.717) is 0 Å². The van der Waals surface area contributed by atoms with E-state index in [1.54, 1.807) is 12.1 Å². The maximum Gasteiger partial charge on any atom is 0.240 e.